The summed E-state index contributed by atoms with van der Waals surface area (Å²) in [6.07, 6.45) is 1.50. The predicted octanol–water partition coefficient (Wildman–Crippen LogP) is 5.46. The summed E-state index contributed by atoms with van der Waals surface area (Å²) in [5, 5.41) is 4.81. The van der Waals surface area contributed by atoms with E-state index in [1.54, 1.807) is 25.1 Å². The summed E-state index contributed by atoms with van der Waals surface area (Å²) in [6, 6.07) is 12.8. The molecular weight excluding hydrogens is 347 g/mol. The minimum atomic E-state index is -0.448. The Labute approximate surface area is 149 Å². The molecule has 0 fully saturated rings. The van der Waals surface area contributed by atoms with E-state index in [0.717, 1.165) is 10.9 Å². The van der Waals surface area contributed by atoms with Crippen molar-refractivity contribution in [2.45, 2.75) is 6.92 Å². The van der Waals surface area contributed by atoms with Gasteiger partial charge in [0.2, 0.25) is 0 Å². The van der Waals surface area contributed by atoms with Crippen LogP contribution in [0.3, 0.4) is 0 Å². The smallest absolute Gasteiger partial charge is 0.341 e. The number of ether oxygens (including phenoxy) is 1. The van der Waals surface area contributed by atoms with Gasteiger partial charge in [-0.1, -0.05) is 47.5 Å². The highest BCUT2D eigenvalue weighted by atomic mass is 35.5. The lowest BCUT2D eigenvalue weighted by atomic mass is 10.1. The summed E-state index contributed by atoms with van der Waals surface area (Å²) < 4.78 is 5.13. The first kappa shape index (κ1) is 16.6. The molecule has 24 heavy (non-hydrogen) atoms. The van der Waals surface area contributed by atoms with Crippen LogP contribution in [0.2, 0.25) is 10.0 Å². The zero-order chi connectivity index (χ0) is 17.1. The minimum absolute atomic E-state index is 0.281. The molecule has 0 saturated heterocycles. The number of aromatic nitrogens is 1. The SMILES string of the molecule is CCOC(=O)c1cnc2ccccc2c1Nc1cccc(Cl)c1Cl. The highest BCUT2D eigenvalue weighted by Crippen LogP contribution is 2.35. The molecule has 1 heterocycles. The molecule has 0 radical (unpaired) electrons. The first-order valence-electron chi connectivity index (χ1n) is 7.37. The third kappa shape index (κ3) is 3.16. The number of hydrogen-bond acceptors (Lipinski definition) is 4. The highest BCUT2D eigenvalue weighted by molar-refractivity contribution is 6.43. The molecule has 0 aliphatic rings. The molecular formula is C18H14Cl2N2O2. The topological polar surface area (TPSA) is 51.2 Å². The van der Waals surface area contributed by atoms with Crippen LogP contribution in [0.1, 0.15) is 17.3 Å². The van der Waals surface area contributed by atoms with E-state index in [2.05, 4.69) is 10.3 Å². The van der Waals surface area contributed by atoms with E-state index in [-0.39, 0.29) is 6.61 Å². The molecule has 0 saturated carbocycles. The maximum Gasteiger partial charge on any atom is 0.341 e. The first-order valence-corrected chi connectivity index (χ1v) is 8.13. The van der Waals surface area contributed by atoms with Crippen LogP contribution in [0.5, 0.6) is 0 Å². The van der Waals surface area contributed by atoms with Gasteiger partial charge in [0.15, 0.2) is 0 Å². The number of pyridine rings is 1. The lowest BCUT2D eigenvalue weighted by Crippen LogP contribution is -2.09. The Morgan fingerprint density at radius 1 is 1.17 bits per heavy atom. The molecule has 2 aromatic carbocycles. The van der Waals surface area contributed by atoms with E-state index in [1.807, 2.05) is 24.3 Å². The number of halogens is 2. The second-order valence-electron chi connectivity index (χ2n) is 5.01. The van der Waals surface area contributed by atoms with Crippen molar-refractivity contribution in [2.75, 3.05) is 11.9 Å². The zero-order valence-electron chi connectivity index (χ0n) is 12.8. The van der Waals surface area contributed by atoms with Crippen molar-refractivity contribution in [3.63, 3.8) is 0 Å². The summed E-state index contributed by atoms with van der Waals surface area (Å²) in [5.41, 5.74) is 2.28. The molecule has 6 heteroatoms. The summed E-state index contributed by atoms with van der Waals surface area (Å²) in [6.45, 7) is 2.04. The Morgan fingerprint density at radius 2 is 1.96 bits per heavy atom. The number of para-hydroxylation sites is 1. The second-order valence-corrected chi connectivity index (χ2v) is 5.80. The number of carbonyl (C=O) groups is 1. The van der Waals surface area contributed by atoms with Gasteiger partial charge in [0.25, 0.3) is 0 Å². The first-order chi connectivity index (χ1) is 11.6. The van der Waals surface area contributed by atoms with Crippen molar-refractivity contribution in [3.05, 3.63) is 64.3 Å². The van der Waals surface area contributed by atoms with Crippen molar-refractivity contribution < 1.29 is 9.53 Å². The van der Waals surface area contributed by atoms with Gasteiger partial charge >= 0.3 is 5.97 Å². The number of anilines is 2. The van der Waals surface area contributed by atoms with Crippen LogP contribution in [-0.2, 0) is 4.74 Å². The molecule has 3 rings (SSSR count). The van der Waals surface area contributed by atoms with Gasteiger partial charge in [0.05, 0.1) is 33.5 Å². The lowest BCUT2D eigenvalue weighted by molar-refractivity contribution is 0.0527. The largest absolute Gasteiger partial charge is 0.462 e. The molecule has 3 aromatic rings. The van der Waals surface area contributed by atoms with Crippen LogP contribution in [0.25, 0.3) is 10.9 Å². The normalized spacial score (nSPS) is 10.6. The van der Waals surface area contributed by atoms with Crippen molar-refractivity contribution >= 4 is 51.4 Å². The van der Waals surface area contributed by atoms with Gasteiger partial charge in [0, 0.05) is 11.6 Å². The van der Waals surface area contributed by atoms with E-state index in [0.29, 0.717) is 27.0 Å². The fourth-order valence-corrected chi connectivity index (χ4v) is 2.72. The van der Waals surface area contributed by atoms with Gasteiger partial charge in [0.1, 0.15) is 5.56 Å². The van der Waals surface area contributed by atoms with Crippen molar-refractivity contribution in [2.24, 2.45) is 0 Å². The second kappa shape index (κ2) is 7.07. The van der Waals surface area contributed by atoms with E-state index in [4.69, 9.17) is 27.9 Å². The maximum absolute atomic E-state index is 12.3. The number of benzene rings is 2. The third-order valence-electron chi connectivity index (χ3n) is 3.48. The Kier molecular flexibility index (Phi) is 4.88. The molecule has 0 spiro atoms. The van der Waals surface area contributed by atoms with Crippen LogP contribution >= 0.6 is 23.2 Å². The summed E-state index contributed by atoms with van der Waals surface area (Å²) in [5.74, 6) is -0.448. The van der Waals surface area contributed by atoms with Gasteiger partial charge in [-0.15, -0.1) is 0 Å². The van der Waals surface area contributed by atoms with Crippen molar-refractivity contribution in [1.29, 1.82) is 0 Å². The van der Waals surface area contributed by atoms with Crippen molar-refractivity contribution in [3.8, 4) is 0 Å². The van der Waals surface area contributed by atoms with Gasteiger partial charge < -0.3 is 10.1 Å². The highest BCUT2D eigenvalue weighted by Gasteiger charge is 2.18. The molecule has 0 aliphatic carbocycles. The predicted molar refractivity (Wildman–Crippen MR) is 97.4 cm³/mol. The average molecular weight is 361 g/mol. The summed E-state index contributed by atoms with van der Waals surface area (Å²) in [7, 11) is 0. The van der Waals surface area contributed by atoms with Gasteiger partial charge in [-0.3, -0.25) is 4.98 Å². The molecule has 122 valence electrons. The fraction of sp³-hybridized carbons (Fsp3) is 0.111. The zero-order valence-corrected chi connectivity index (χ0v) is 14.4. The van der Waals surface area contributed by atoms with Crippen LogP contribution in [0.15, 0.2) is 48.7 Å². The Morgan fingerprint density at radius 3 is 2.75 bits per heavy atom. The van der Waals surface area contributed by atoms with Gasteiger partial charge in [-0.25, -0.2) is 4.79 Å². The van der Waals surface area contributed by atoms with Crippen LogP contribution in [0, 0.1) is 0 Å². The van der Waals surface area contributed by atoms with Gasteiger partial charge in [-0.2, -0.15) is 0 Å². The fourth-order valence-electron chi connectivity index (χ4n) is 2.37. The monoisotopic (exact) mass is 360 g/mol. The van der Waals surface area contributed by atoms with E-state index in [1.165, 1.54) is 6.20 Å². The summed E-state index contributed by atoms with van der Waals surface area (Å²) in [4.78, 5) is 16.6. The molecule has 4 nitrogen and oxygen atoms in total. The number of hydrogen-bond donors (Lipinski definition) is 1. The number of carbonyl (C=O) groups excluding carboxylic acids is 1. The Bertz CT molecular complexity index is 913. The quantitative estimate of drug-likeness (QED) is 0.627. The number of nitrogens with zero attached hydrogens (tertiary/aromatic N) is 1. The van der Waals surface area contributed by atoms with E-state index >= 15 is 0 Å². The number of rotatable bonds is 4. The molecule has 0 atom stereocenters. The average Bonchev–Trinajstić information content (AvgIpc) is 2.59. The van der Waals surface area contributed by atoms with Gasteiger partial charge in [-0.05, 0) is 25.1 Å². The molecule has 0 unspecified atom stereocenters. The number of fused-ring (bicyclic) bond motifs is 1. The van der Waals surface area contributed by atoms with Crippen LogP contribution in [0.4, 0.5) is 11.4 Å². The van der Waals surface area contributed by atoms with E-state index in [9.17, 15) is 4.79 Å². The number of nitrogens with one attached hydrogen (secondary N) is 1. The minimum Gasteiger partial charge on any atom is -0.462 e. The molecule has 1 N–H and O–H groups in total. The third-order valence-corrected chi connectivity index (χ3v) is 4.30. The standard InChI is InChI=1S/C18H14Cl2N2O2/c1-2-24-18(23)12-10-21-14-8-4-3-6-11(14)17(12)22-15-9-5-7-13(19)16(15)20/h3-10H,2H2,1H3,(H,21,22). The summed E-state index contributed by atoms with van der Waals surface area (Å²) >= 11 is 12.3. The molecule has 1 aromatic heterocycles. The Hall–Kier alpha value is -2.30. The molecule has 0 amide bonds. The number of esters is 1. The Balaban J connectivity index is 2.17. The molecule has 0 bridgehead atoms. The maximum atomic E-state index is 12.3. The van der Waals surface area contributed by atoms with Crippen molar-refractivity contribution in [1.82, 2.24) is 4.98 Å². The van der Waals surface area contributed by atoms with Crippen LogP contribution in [-0.4, -0.2) is 17.6 Å². The lowest BCUT2D eigenvalue weighted by Gasteiger charge is -2.15. The molecule has 0 aliphatic heterocycles. The van der Waals surface area contributed by atoms with Crippen LogP contribution < -0.4 is 5.32 Å². The van der Waals surface area contributed by atoms with E-state index < -0.39 is 5.97 Å².